The lowest BCUT2D eigenvalue weighted by Gasteiger charge is -2.26. The van der Waals surface area contributed by atoms with Crippen LogP contribution >= 0.6 is 0 Å². The molecule has 0 aromatic heterocycles. The summed E-state index contributed by atoms with van der Waals surface area (Å²) in [5.41, 5.74) is 1.75. The van der Waals surface area contributed by atoms with Crippen molar-refractivity contribution in [3.05, 3.63) is 24.3 Å². The Morgan fingerprint density at radius 3 is 2.44 bits per heavy atom. The molecule has 0 radical (unpaired) electrons. The molecule has 1 atom stereocenters. The van der Waals surface area contributed by atoms with E-state index in [0.717, 1.165) is 31.1 Å². The molecule has 142 valence electrons. The van der Waals surface area contributed by atoms with E-state index < -0.39 is 0 Å². The topological polar surface area (TPSA) is 32.3 Å². The molecule has 25 heavy (non-hydrogen) atoms. The summed E-state index contributed by atoms with van der Waals surface area (Å²) in [6.07, 6.45) is 5.90. The number of nitrogens with zero attached hydrogens (tertiary/aromatic N) is 1. The standard InChI is InChI=1S/C22H38N2O/c1-7-12-18(8-2)15-16-24(10-4)20-14-11-13-19(17-20)23-21(25)22(5,6)9-3/h11,13-14,17-18H,7-10,12,15-16H2,1-6H3,(H,23,25). The van der Waals surface area contributed by atoms with Gasteiger partial charge in [0.1, 0.15) is 0 Å². The number of hydrogen-bond donors (Lipinski definition) is 1. The maximum absolute atomic E-state index is 12.4. The molecule has 0 aliphatic rings. The number of carbonyl (C=O) groups excluding carboxylic acids is 1. The molecule has 0 spiro atoms. The predicted molar refractivity (Wildman–Crippen MR) is 110 cm³/mol. The zero-order valence-corrected chi connectivity index (χ0v) is 17.2. The smallest absolute Gasteiger partial charge is 0.230 e. The van der Waals surface area contributed by atoms with Gasteiger partial charge in [-0.05, 0) is 43.9 Å². The molecule has 3 nitrogen and oxygen atoms in total. The van der Waals surface area contributed by atoms with E-state index in [-0.39, 0.29) is 11.3 Å². The van der Waals surface area contributed by atoms with Gasteiger partial charge in [0.2, 0.25) is 5.91 Å². The van der Waals surface area contributed by atoms with E-state index in [9.17, 15) is 4.79 Å². The van der Waals surface area contributed by atoms with Gasteiger partial charge in [-0.1, -0.05) is 59.9 Å². The molecule has 0 aliphatic carbocycles. The van der Waals surface area contributed by atoms with E-state index in [2.05, 4.69) is 50.0 Å². The summed E-state index contributed by atoms with van der Waals surface area (Å²) in [5, 5.41) is 3.08. The fourth-order valence-corrected chi connectivity index (χ4v) is 3.01. The van der Waals surface area contributed by atoms with Crippen molar-refractivity contribution in [1.82, 2.24) is 0 Å². The van der Waals surface area contributed by atoms with Crippen LogP contribution in [-0.2, 0) is 4.79 Å². The molecule has 1 rings (SSSR count). The van der Waals surface area contributed by atoms with E-state index in [0.29, 0.717) is 0 Å². The highest BCUT2D eigenvalue weighted by Gasteiger charge is 2.25. The van der Waals surface area contributed by atoms with Crippen molar-refractivity contribution in [2.45, 2.75) is 73.6 Å². The van der Waals surface area contributed by atoms with Crippen LogP contribution in [0.2, 0.25) is 0 Å². The lowest BCUT2D eigenvalue weighted by atomic mass is 9.89. The van der Waals surface area contributed by atoms with Crippen LogP contribution in [0.3, 0.4) is 0 Å². The van der Waals surface area contributed by atoms with E-state index in [4.69, 9.17) is 0 Å². The summed E-state index contributed by atoms with van der Waals surface area (Å²) in [4.78, 5) is 14.8. The summed E-state index contributed by atoms with van der Waals surface area (Å²) in [6.45, 7) is 14.9. The number of amides is 1. The summed E-state index contributed by atoms with van der Waals surface area (Å²) in [7, 11) is 0. The van der Waals surface area contributed by atoms with E-state index >= 15 is 0 Å². The lowest BCUT2D eigenvalue weighted by molar-refractivity contribution is -0.124. The Morgan fingerprint density at radius 2 is 1.88 bits per heavy atom. The Morgan fingerprint density at radius 1 is 1.16 bits per heavy atom. The lowest BCUT2D eigenvalue weighted by Crippen LogP contribution is -2.30. The van der Waals surface area contributed by atoms with Gasteiger partial charge in [0.15, 0.2) is 0 Å². The average Bonchev–Trinajstić information content (AvgIpc) is 2.61. The summed E-state index contributed by atoms with van der Waals surface area (Å²) in [6, 6.07) is 8.27. The Labute approximate surface area is 155 Å². The van der Waals surface area contributed by atoms with Gasteiger partial charge >= 0.3 is 0 Å². The number of carbonyl (C=O) groups is 1. The summed E-state index contributed by atoms with van der Waals surface area (Å²) < 4.78 is 0. The van der Waals surface area contributed by atoms with Gasteiger partial charge in [-0.15, -0.1) is 0 Å². The third-order valence-electron chi connectivity index (χ3n) is 5.43. The van der Waals surface area contributed by atoms with E-state index in [1.807, 2.05) is 26.0 Å². The molecule has 0 fully saturated rings. The molecule has 1 amide bonds. The van der Waals surface area contributed by atoms with Crippen LogP contribution in [0.15, 0.2) is 24.3 Å². The molecule has 1 aromatic rings. The minimum Gasteiger partial charge on any atom is -0.372 e. The van der Waals surface area contributed by atoms with Gasteiger partial charge in [-0.3, -0.25) is 4.79 Å². The summed E-state index contributed by atoms with van der Waals surface area (Å²) in [5.74, 6) is 0.900. The Balaban J connectivity index is 2.78. The van der Waals surface area contributed by atoms with Gasteiger partial charge in [-0.2, -0.15) is 0 Å². The van der Waals surface area contributed by atoms with E-state index in [1.54, 1.807) is 0 Å². The first-order valence-corrected chi connectivity index (χ1v) is 10.0. The second-order valence-corrected chi connectivity index (χ2v) is 7.67. The second-order valence-electron chi connectivity index (χ2n) is 7.67. The third kappa shape index (κ3) is 6.72. The van der Waals surface area contributed by atoms with Crippen LogP contribution in [0.4, 0.5) is 11.4 Å². The Kier molecular flexibility index (Phi) is 9.02. The SMILES string of the molecule is CCCC(CC)CCN(CC)c1cccc(NC(=O)C(C)(C)CC)c1. The van der Waals surface area contributed by atoms with Gasteiger partial charge in [0.25, 0.3) is 0 Å². The first-order valence-electron chi connectivity index (χ1n) is 10.0. The van der Waals surface area contributed by atoms with Crippen molar-refractivity contribution >= 4 is 17.3 Å². The maximum Gasteiger partial charge on any atom is 0.230 e. The van der Waals surface area contributed by atoms with Gasteiger partial charge in [-0.25, -0.2) is 0 Å². The molecular weight excluding hydrogens is 308 g/mol. The normalized spacial score (nSPS) is 12.7. The monoisotopic (exact) mass is 346 g/mol. The fourth-order valence-electron chi connectivity index (χ4n) is 3.01. The number of nitrogens with one attached hydrogen (secondary N) is 1. The van der Waals surface area contributed by atoms with Crippen LogP contribution in [0.5, 0.6) is 0 Å². The van der Waals surface area contributed by atoms with Crippen molar-refractivity contribution < 1.29 is 4.79 Å². The second kappa shape index (κ2) is 10.5. The minimum atomic E-state index is -0.338. The molecule has 1 unspecified atom stereocenters. The Bertz CT molecular complexity index is 525. The number of benzene rings is 1. The molecular formula is C22H38N2O. The average molecular weight is 347 g/mol. The number of anilines is 2. The van der Waals surface area contributed by atoms with Crippen LogP contribution in [0.25, 0.3) is 0 Å². The van der Waals surface area contributed by atoms with Crippen molar-refractivity contribution in [2.24, 2.45) is 11.3 Å². The van der Waals surface area contributed by atoms with Crippen molar-refractivity contribution in [3.63, 3.8) is 0 Å². The van der Waals surface area contributed by atoms with Crippen molar-refractivity contribution in [2.75, 3.05) is 23.3 Å². The largest absolute Gasteiger partial charge is 0.372 e. The van der Waals surface area contributed by atoms with Crippen LogP contribution < -0.4 is 10.2 Å². The molecule has 0 saturated heterocycles. The highest BCUT2D eigenvalue weighted by atomic mass is 16.2. The first-order chi connectivity index (χ1) is 11.9. The van der Waals surface area contributed by atoms with Crippen molar-refractivity contribution in [3.8, 4) is 0 Å². The highest BCUT2D eigenvalue weighted by molar-refractivity contribution is 5.95. The predicted octanol–water partition coefficient (Wildman–Crippen LogP) is 6.10. The molecule has 1 N–H and O–H groups in total. The molecule has 0 saturated carbocycles. The van der Waals surface area contributed by atoms with Gasteiger partial charge in [0, 0.05) is 29.9 Å². The van der Waals surface area contributed by atoms with Crippen LogP contribution in [-0.4, -0.2) is 19.0 Å². The minimum absolute atomic E-state index is 0.0872. The highest BCUT2D eigenvalue weighted by Crippen LogP contribution is 2.25. The fraction of sp³-hybridized carbons (Fsp3) is 0.682. The molecule has 0 aliphatic heterocycles. The first kappa shape index (κ1) is 21.5. The third-order valence-corrected chi connectivity index (χ3v) is 5.43. The zero-order valence-electron chi connectivity index (χ0n) is 17.2. The molecule has 0 bridgehead atoms. The zero-order chi connectivity index (χ0) is 18.9. The maximum atomic E-state index is 12.4. The molecule has 0 heterocycles. The Hall–Kier alpha value is -1.51. The quantitative estimate of drug-likeness (QED) is 0.524. The van der Waals surface area contributed by atoms with E-state index in [1.165, 1.54) is 31.4 Å². The summed E-state index contributed by atoms with van der Waals surface area (Å²) >= 11 is 0. The number of hydrogen-bond acceptors (Lipinski definition) is 2. The molecule has 3 heteroatoms. The number of rotatable bonds is 11. The molecule has 1 aromatic carbocycles. The van der Waals surface area contributed by atoms with Crippen LogP contribution in [0, 0.1) is 11.3 Å². The van der Waals surface area contributed by atoms with Gasteiger partial charge in [0.05, 0.1) is 0 Å². The van der Waals surface area contributed by atoms with Gasteiger partial charge < -0.3 is 10.2 Å². The van der Waals surface area contributed by atoms with Crippen LogP contribution in [0.1, 0.15) is 73.6 Å². The van der Waals surface area contributed by atoms with Crippen molar-refractivity contribution in [1.29, 1.82) is 0 Å².